The SMILES string of the molecule is O=C(NC[C@@H]1CCOCO1)Nc1c(F)cc(Br)cc1F. The average molecular weight is 351 g/mol. The molecular weight excluding hydrogens is 338 g/mol. The Morgan fingerprint density at radius 1 is 1.40 bits per heavy atom. The lowest BCUT2D eigenvalue weighted by atomic mass is 10.2. The fraction of sp³-hybridized carbons (Fsp3) is 0.417. The predicted molar refractivity (Wildman–Crippen MR) is 71.4 cm³/mol. The van der Waals surface area contributed by atoms with Crippen LogP contribution in [0.1, 0.15) is 6.42 Å². The van der Waals surface area contributed by atoms with Gasteiger partial charge in [-0.1, -0.05) is 15.9 Å². The topological polar surface area (TPSA) is 59.6 Å². The van der Waals surface area contributed by atoms with Crippen molar-refractivity contribution in [3.05, 3.63) is 28.2 Å². The number of nitrogens with one attached hydrogen (secondary N) is 2. The number of amides is 2. The molecule has 1 fully saturated rings. The second-order valence-corrected chi connectivity index (χ2v) is 5.10. The van der Waals surface area contributed by atoms with Gasteiger partial charge in [0.15, 0.2) is 11.6 Å². The number of rotatable bonds is 3. The zero-order valence-corrected chi connectivity index (χ0v) is 12.0. The van der Waals surface area contributed by atoms with Gasteiger partial charge < -0.3 is 20.1 Å². The highest BCUT2D eigenvalue weighted by Gasteiger charge is 2.17. The van der Waals surface area contributed by atoms with Crippen molar-refractivity contribution in [1.29, 1.82) is 0 Å². The van der Waals surface area contributed by atoms with Gasteiger partial charge in [0.05, 0.1) is 12.7 Å². The molecule has 0 saturated carbocycles. The zero-order chi connectivity index (χ0) is 14.5. The van der Waals surface area contributed by atoms with Gasteiger partial charge in [-0.15, -0.1) is 0 Å². The van der Waals surface area contributed by atoms with Crippen molar-refractivity contribution in [2.75, 3.05) is 25.3 Å². The molecule has 1 aliphatic rings. The van der Waals surface area contributed by atoms with Crippen molar-refractivity contribution in [1.82, 2.24) is 5.32 Å². The third-order valence-corrected chi connectivity index (χ3v) is 3.16. The number of hydrogen-bond donors (Lipinski definition) is 2. The molecule has 110 valence electrons. The summed E-state index contributed by atoms with van der Waals surface area (Å²) in [5.41, 5.74) is -0.487. The normalized spacial score (nSPS) is 18.6. The molecule has 1 heterocycles. The van der Waals surface area contributed by atoms with Crippen LogP contribution >= 0.6 is 15.9 Å². The smallest absolute Gasteiger partial charge is 0.319 e. The van der Waals surface area contributed by atoms with Crippen LogP contribution in [-0.4, -0.2) is 32.1 Å². The monoisotopic (exact) mass is 350 g/mol. The van der Waals surface area contributed by atoms with Crippen LogP contribution in [0.5, 0.6) is 0 Å². The van der Waals surface area contributed by atoms with Crippen LogP contribution in [0, 0.1) is 11.6 Å². The van der Waals surface area contributed by atoms with Crippen molar-refractivity contribution in [2.45, 2.75) is 12.5 Å². The largest absolute Gasteiger partial charge is 0.355 e. The van der Waals surface area contributed by atoms with E-state index in [1.807, 2.05) is 0 Å². The summed E-state index contributed by atoms with van der Waals surface area (Å²) in [6, 6.07) is 1.45. The third-order valence-electron chi connectivity index (χ3n) is 2.71. The Labute approximate surface area is 122 Å². The molecule has 0 bridgehead atoms. The molecule has 1 atom stereocenters. The molecule has 2 amide bonds. The molecule has 5 nitrogen and oxygen atoms in total. The van der Waals surface area contributed by atoms with E-state index in [9.17, 15) is 13.6 Å². The Hall–Kier alpha value is -1.25. The summed E-state index contributed by atoms with van der Waals surface area (Å²) >= 11 is 2.96. The van der Waals surface area contributed by atoms with E-state index < -0.39 is 23.4 Å². The zero-order valence-electron chi connectivity index (χ0n) is 10.4. The Balaban J connectivity index is 1.88. The Morgan fingerprint density at radius 3 is 2.70 bits per heavy atom. The first kappa shape index (κ1) is 15.1. The van der Waals surface area contributed by atoms with Crippen molar-refractivity contribution in [3.8, 4) is 0 Å². The number of urea groups is 1. The highest BCUT2D eigenvalue weighted by Crippen LogP contribution is 2.23. The molecule has 2 N–H and O–H groups in total. The van der Waals surface area contributed by atoms with Crippen LogP contribution in [-0.2, 0) is 9.47 Å². The van der Waals surface area contributed by atoms with Gasteiger partial charge in [-0.3, -0.25) is 0 Å². The lowest BCUT2D eigenvalue weighted by Crippen LogP contribution is -2.39. The molecule has 0 spiro atoms. The van der Waals surface area contributed by atoms with E-state index in [-0.39, 0.29) is 23.9 Å². The van der Waals surface area contributed by atoms with Crippen LogP contribution in [0.25, 0.3) is 0 Å². The molecule has 8 heteroatoms. The number of ether oxygens (including phenoxy) is 2. The minimum Gasteiger partial charge on any atom is -0.355 e. The Kier molecular flexibility index (Phi) is 5.27. The van der Waals surface area contributed by atoms with Crippen molar-refractivity contribution in [2.24, 2.45) is 0 Å². The van der Waals surface area contributed by atoms with E-state index in [1.54, 1.807) is 0 Å². The number of halogens is 3. The van der Waals surface area contributed by atoms with Crippen LogP contribution in [0.2, 0.25) is 0 Å². The highest BCUT2D eigenvalue weighted by atomic mass is 79.9. The van der Waals surface area contributed by atoms with E-state index >= 15 is 0 Å². The van der Waals surface area contributed by atoms with Crippen LogP contribution in [0.15, 0.2) is 16.6 Å². The summed E-state index contributed by atoms with van der Waals surface area (Å²) in [6.07, 6.45) is 0.496. The first-order valence-electron chi connectivity index (χ1n) is 5.95. The summed E-state index contributed by atoms with van der Waals surface area (Å²) in [5, 5.41) is 4.63. The van der Waals surface area contributed by atoms with Gasteiger partial charge in [-0.25, -0.2) is 13.6 Å². The molecule has 1 aromatic rings. The van der Waals surface area contributed by atoms with Gasteiger partial charge in [0.1, 0.15) is 12.5 Å². The average Bonchev–Trinajstić information content (AvgIpc) is 2.42. The first-order chi connectivity index (χ1) is 9.56. The number of carbonyl (C=O) groups is 1. The maximum Gasteiger partial charge on any atom is 0.319 e. The van der Waals surface area contributed by atoms with Crippen LogP contribution in [0.3, 0.4) is 0 Å². The van der Waals surface area contributed by atoms with Crippen molar-refractivity contribution >= 4 is 27.6 Å². The van der Waals surface area contributed by atoms with E-state index in [4.69, 9.17) is 9.47 Å². The molecule has 0 aromatic heterocycles. The highest BCUT2D eigenvalue weighted by molar-refractivity contribution is 9.10. The van der Waals surface area contributed by atoms with E-state index in [2.05, 4.69) is 26.6 Å². The molecule has 1 aliphatic heterocycles. The molecule has 0 unspecified atom stereocenters. The van der Waals surface area contributed by atoms with Crippen molar-refractivity contribution in [3.63, 3.8) is 0 Å². The van der Waals surface area contributed by atoms with E-state index in [0.717, 1.165) is 12.1 Å². The predicted octanol–water partition coefficient (Wildman–Crippen LogP) is 2.61. The summed E-state index contributed by atoms with van der Waals surface area (Å²) in [4.78, 5) is 11.6. The Bertz CT molecular complexity index is 473. The van der Waals surface area contributed by atoms with Gasteiger partial charge in [0.25, 0.3) is 0 Å². The second-order valence-electron chi connectivity index (χ2n) is 4.18. The van der Waals surface area contributed by atoms with Crippen molar-refractivity contribution < 1.29 is 23.0 Å². The van der Waals surface area contributed by atoms with Gasteiger partial charge in [0.2, 0.25) is 0 Å². The minimum absolute atomic E-state index is 0.158. The minimum atomic E-state index is -0.852. The van der Waals surface area contributed by atoms with Gasteiger partial charge >= 0.3 is 6.03 Å². The Morgan fingerprint density at radius 2 is 2.10 bits per heavy atom. The van der Waals surface area contributed by atoms with Crippen LogP contribution < -0.4 is 10.6 Å². The third kappa shape index (κ3) is 4.12. The van der Waals surface area contributed by atoms with Gasteiger partial charge in [-0.2, -0.15) is 0 Å². The molecule has 1 aromatic carbocycles. The van der Waals surface area contributed by atoms with E-state index in [1.165, 1.54) is 0 Å². The van der Waals surface area contributed by atoms with Crippen LogP contribution in [0.4, 0.5) is 19.3 Å². The molecular formula is C12H13BrF2N2O3. The van der Waals surface area contributed by atoms with E-state index in [0.29, 0.717) is 13.0 Å². The molecule has 1 saturated heterocycles. The second kappa shape index (κ2) is 6.96. The fourth-order valence-corrected chi connectivity index (χ4v) is 2.09. The number of hydrogen-bond acceptors (Lipinski definition) is 3. The summed E-state index contributed by atoms with van der Waals surface area (Å²) < 4.78 is 37.5. The maximum atomic E-state index is 13.5. The standard InChI is InChI=1S/C12H13BrF2N2O3/c13-7-3-9(14)11(10(15)4-7)17-12(18)16-5-8-1-2-19-6-20-8/h3-4,8H,1-2,5-6H2,(H2,16,17,18)/t8-/m0/s1. The summed E-state index contributed by atoms with van der Waals surface area (Å²) in [6.45, 7) is 0.989. The number of anilines is 1. The molecule has 0 aliphatic carbocycles. The summed E-state index contributed by atoms with van der Waals surface area (Å²) in [5.74, 6) is -1.70. The molecule has 0 radical (unpaired) electrons. The van der Waals surface area contributed by atoms with Gasteiger partial charge in [0, 0.05) is 11.0 Å². The first-order valence-corrected chi connectivity index (χ1v) is 6.74. The fourth-order valence-electron chi connectivity index (χ4n) is 1.69. The molecule has 2 rings (SSSR count). The molecule has 20 heavy (non-hydrogen) atoms. The lowest BCUT2D eigenvalue weighted by Gasteiger charge is -2.23. The maximum absolute atomic E-state index is 13.5. The summed E-state index contributed by atoms with van der Waals surface area (Å²) in [7, 11) is 0. The number of benzene rings is 1. The number of carbonyl (C=O) groups excluding carboxylic acids is 1. The quantitative estimate of drug-likeness (QED) is 0.880. The van der Waals surface area contributed by atoms with Gasteiger partial charge in [-0.05, 0) is 18.6 Å². The lowest BCUT2D eigenvalue weighted by molar-refractivity contribution is -0.136.